The number of nitrogens with zero attached hydrogens (tertiary/aromatic N) is 1. The second kappa shape index (κ2) is 7.11. The van der Waals surface area contributed by atoms with Crippen LogP contribution in [0.3, 0.4) is 0 Å². The Morgan fingerprint density at radius 2 is 2.09 bits per heavy atom. The molecule has 0 radical (unpaired) electrons. The third-order valence-corrected chi connectivity index (χ3v) is 4.18. The van der Waals surface area contributed by atoms with E-state index in [1.54, 1.807) is 12.2 Å². The summed E-state index contributed by atoms with van der Waals surface area (Å²) in [6.07, 6.45) is 6.61. The van der Waals surface area contributed by atoms with Crippen LogP contribution in [0.4, 0.5) is 0 Å². The van der Waals surface area contributed by atoms with Crippen LogP contribution in [0.5, 0.6) is 0 Å². The molecule has 22 heavy (non-hydrogen) atoms. The minimum absolute atomic E-state index is 0.0386. The van der Waals surface area contributed by atoms with Crippen LogP contribution < -0.4 is 0 Å². The highest BCUT2D eigenvalue weighted by atomic mass is 16.5. The van der Waals surface area contributed by atoms with E-state index in [4.69, 9.17) is 13.9 Å². The lowest BCUT2D eigenvalue weighted by Crippen LogP contribution is -2.41. The first-order chi connectivity index (χ1) is 10.7. The van der Waals surface area contributed by atoms with Crippen molar-refractivity contribution in [1.29, 1.82) is 0 Å². The Bertz CT molecular complexity index is 523. The van der Waals surface area contributed by atoms with Crippen molar-refractivity contribution < 1.29 is 18.7 Å². The van der Waals surface area contributed by atoms with E-state index in [2.05, 4.69) is 0 Å². The molecule has 0 spiro atoms. The molecule has 3 heterocycles. The summed E-state index contributed by atoms with van der Waals surface area (Å²) in [4.78, 5) is 14.0. The topological polar surface area (TPSA) is 51.9 Å². The van der Waals surface area contributed by atoms with Gasteiger partial charge in [0.2, 0.25) is 5.91 Å². The second-order valence-corrected chi connectivity index (χ2v) is 5.93. The molecule has 5 nitrogen and oxygen atoms in total. The molecule has 0 saturated carbocycles. The summed E-state index contributed by atoms with van der Waals surface area (Å²) in [5.41, 5.74) is 0. The van der Waals surface area contributed by atoms with Crippen LogP contribution >= 0.6 is 0 Å². The number of aryl methyl sites for hydroxylation is 1. The Balaban J connectivity index is 1.44. The van der Waals surface area contributed by atoms with Gasteiger partial charge >= 0.3 is 0 Å². The van der Waals surface area contributed by atoms with Crippen LogP contribution in [-0.4, -0.2) is 49.3 Å². The molecular formula is C17H23NO4. The van der Waals surface area contributed by atoms with Crippen molar-refractivity contribution in [2.45, 2.75) is 38.4 Å². The Hall–Kier alpha value is -1.59. The van der Waals surface area contributed by atoms with Crippen LogP contribution in [0.1, 0.15) is 30.8 Å². The number of ether oxygens (including phenoxy) is 2. The zero-order valence-electron chi connectivity index (χ0n) is 13.0. The molecule has 0 bridgehead atoms. The zero-order chi connectivity index (χ0) is 15.4. The molecule has 120 valence electrons. The quantitative estimate of drug-likeness (QED) is 0.802. The highest BCUT2D eigenvalue weighted by molar-refractivity contribution is 5.91. The summed E-state index contributed by atoms with van der Waals surface area (Å²) in [5.74, 6) is 1.60. The fraction of sp³-hybridized carbons (Fsp3) is 0.588. The Morgan fingerprint density at radius 1 is 1.27 bits per heavy atom. The van der Waals surface area contributed by atoms with Gasteiger partial charge in [0.25, 0.3) is 0 Å². The molecule has 0 N–H and O–H groups in total. The van der Waals surface area contributed by atoms with Gasteiger partial charge < -0.3 is 18.8 Å². The van der Waals surface area contributed by atoms with Crippen LogP contribution in [0.2, 0.25) is 0 Å². The molecule has 1 amide bonds. The number of carbonyl (C=O) groups excluding carboxylic acids is 1. The van der Waals surface area contributed by atoms with Crippen molar-refractivity contribution in [1.82, 2.24) is 4.90 Å². The van der Waals surface area contributed by atoms with E-state index in [0.717, 1.165) is 44.7 Å². The Labute approximate surface area is 130 Å². The van der Waals surface area contributed by atoms with Crippen LogP contribution in [0.15, 0.2) is 22.6 Å². The van der Waals surface area contributed by atoms with Gasteiger partial charge in [-0.25, -0.2) is 0 Å². The minimum atomic E-state index is 0.0386. The van der Waals surface area contributed by atoms with Crippen LogP contribution in [-0.2, 0) is 14.3 Å². The molecule has 2 aliphatic rings. The SMILES string of the molecule is Cc1ccc(/C=C\C(=O)N2CCC(O[C@H]3CCOC3)CC2)o1. The van der Waals surface area contributed by atoms with E-state index in [-0.39, 0.29) is 18.1 Å². The van der Waals surface area contributed by atoms with E-state index >= 15 is 0 Å². The molecule has 5 heteroatoms. The normalized spacial score (nSPS) is 23.5. The molecule has 1 atom stereocenters. The number of piperidine rings is 1. The van der Waals surface area contributed by atoms with Gasteiger partial charge in [-0.3, -0.25) is 4.79 Å². The number of likely N-dealkylation sites (tertiary alicyclic amines) is 1. The third-order valence-electron chi connectivity index (χ3n) is 4.18. The molecule has 1 aromatic rings. The van der Waals surface area contributed by atoms with Gasteiger partial charge in [0.05, 0.1) is 18.8 Å². The molecule has 0 aliphatic carbocycles. The van der Waals surface area contributed by atoms with E-state index in [0.29, 0.717) is 12.4 Å². The number of furan rings is 1. The molecular weight excluding hydrogens is 282 g/mol. The predicted molar refractivity (Wildman–Crippen MR) is 82.4 cm³/mol. The summed E-state index contributed by atoms with van der Waals surface area (Å²) in [7, 11) is 0. The fourth-order valence-electron chi connectivity index (χ4n) is 2.91. The largest absolute Gasteiger partial charge is 0.462 e. The highest BCUT2D eigenvalue weighted by Gasteiger charge is 2.26. The first-order valence-corrected chi connectivity index (χ1v) is 7.97. The number of carbonyl (C=O) groups is 1. The first-order valence-electron chi connectivity index (χ1n) is 7.97. The van der Waals surface area contributed by atoms with E-state index in [1.807, 2.05) is 24.0 Å². The third kappa shape index (κ3) is 3.99. The van der Waals surface area contributed by atoms with Gasteiger partial charge in [-0.1, -0.05) is 0 Å². The van der Waals surface area contributed by atoms with Gasteiger partial charge in [0.15, 0.2) is 0 Å². The van der Waals surface area contributed by atoms with Crippen LogP contribution in [0, 0.1) is 6.92 Å². The minimum Gasteiger partial charge on any atom is -0.462 e. The van der Waals surface area contributed by atoms with Crippen molar-refractivity contribution in [3.05, 3.63) is 29.7 Å². The van der Waals surface area contributed by atoms with Crippen LogP contribution in [0.25, 0.3) is 6.08 Å². The summed E-state index contributed by atoms with van der Waals surface area (Å²) in [5, 5.41) is 0. The van der Waals surface area contributed by atoms with E-state index < -0.39 is 0 Å². The Kier molecular flexibility index (Phi) is 4.95. The lowest BCUT2D eigenvalue weighted by atomic mass is 10.1. The average molecular weight is 305 g/mol. The van der Waals surface area contributed by atoms with Crippen molar-refractivity contribution in [3.8, 4) is 0 Å². The molecule has 2 fully saturated rings. The monoisotopic (exact) mass is 305 g/mol. The van der Waals surface area contributed by atoms with Crippen molar-refractivity contribution in [3.63, 3.8) is 0 Å². The summed E-state index contributed by atoms with van der Waals surface area (Å²) in [6, 6.07) is 3.75. The maximum absolute atomic E-state index is 12.2. The number of amides is 1. The van der Waals surface area contributed by atoms with E-state index in [1.165, 1.54) is 0 Å². The zero-order valence-corrected chi connectivity index (χ0v) is 13.0. The standard InChI is InChI=1S/C17H23NO4/c1-13-2-3-14(21-13)4-5-17(19)18-9-6-15(7-10-18)22-16-8-11-20-12-16/h2-5,15-16H,6-12H2,1H3/b5-4-/t16-/m0/s1. The van der Waals surface area contributed by atoms with Gasteiger partial charge in [-0.2, -0.15) is 0 Å². The highest BCUT2D eigenvalue weighted by Crippen LogP contribution is 2.19. The molecule has 2 saturated heterocycles. The number of hydrogen-bond donors (Lipinski definition) is 0. The van der Waals surface area contributed by atoms with Gasteiger partial charge in [0.1, 0.15) is 11.5 Å². The van der Waals surface area contributed by atoms with Gasteiger partial charge in [0, 0.05) is 25.8 Å². The lowest BCUT2D eigenvalue weighted by molar-refractivity contribution is -0.129. The van der Waals surface area contributed by atoms with Crippen molar-refractivity contribution in [2.24, 2.45) is 0 Å². The lowest BCUT2D eigenvalue weighted by Gasteiger charge is -2.32. The maximum atomic E-state index is 12.2. The van der Waals surface area contributed by atoms with Gasteiger partial charge in [-0.15, -0.1) is 0 Å². The number of hydrogen-bond acceptors (Lipinski definition) is 4. The fourth-order valence-corrected chi connectivity index (χ4v) is 2.91. The van der Waals surface area contributed by atoms with Gasteiger partial charge in [-0.05, 0) is 44.4 Å². The molecule has 2 aliphatic heterocycles. The molecule has 0 unspecified atom stereocenters. The molecule has 1 aromatic heterocycles. The van der Waals surface area contributed by atoms with Crippen molar-refractivity contribution >= 4 is 12.0 Å². The smallest absolute Gasteiger partial charge is 0.246 e. The maximum Gasteiger partial charge on any atom is 0.246 e. The van der Waals surface area contributed by atoms with Crippen molar-refractivity contribution in [2.75, 3.05) is 26.3 Å². The number of rotatable bonds is 4. The predicted octanol–water partition coefficient (Wildman–Crippen LogP) is 2.40. The molecule has 0 aromatic carbocycles. The summed E-state index contributed by atoms with van der Waals surface area (Å²) < 4.78 is 16.8. The summed E-state index contributed by atoms with van der Waals surface area (Å²) >= 11 is 0. The second-order valence-electron chi connectivity index (χ2n) is 5.93. The summed E-state index contributed by atoms with van der Waals surface area (Å²) in [6.45, 7) is 4.90. The first kappa shape index (κ1) is 15.3. The average Bonchev–Trinajstić information content (AvgIpc) is 3.17. The van der Waals surface area contributed by atoms with E-state index in [9.17, 15) is 4.79 Å². The Morgan fingerprint density at radius 3 is 2.73 bits per heavy atom. The molecule has 3 rings (SSSR count).